The molecule has 0 saturated carbocycles. The lowest BCUT2D eigenvalue weighted by Crippen LogP contribution is -2.28. The third kappa shape index (κ3) is 3.42. The van der Waals surface area contributed by atoms with Gasteiger partial charge in [-0.15, -0.1) is 0 Å². The number of nitrogens with zero attached hydrogens (tertiary/aromatic N) is 2. The van der Waals surface area contributed by atoms with E-state index in [9.17, 15) is 18.5 Å². The van der Waals surface area contributed by atoms with Crippen molar-refractivity contribution < 1.29 is 13.3 Å². The molecule has 0 aliphatic carbocycles. The first kappa shape index (κ1) is 15.4. The van der Waals surface area contributed by atoms with Crippen molar-refractivity contribution in [3.05, 3.63) is 28.3 Å². The van der Waals surface area contributed by atoms with Gasteiger partial charge in [-0.2, -0.15) is 0 Å². The van der Waals surface area contributed by atoms with Crippen LogP contribution in [0, 0.1) is 10.1 Å². The summed E-state index contributed by atoms with van der Waals surface area (Å²) in [5.74, 6) is 0. The SMILES string of the molecule is CCCCN(C)S(=O)(=O)c1ccc([N+](=O)[O-])c(N)c1. The minimum absolute atomic E-state index is 0.0331. The van der Waals surface area contributed by atoms with E-state index < -0.39 is 14.9 Å². The van der Waals surface area contributed by atoms with Gasteiger partial charge in [0.15, 0.2) is 0 Å². The van der Waals surface area contributed by atoms with Gasteiger partial charge >= 0.3 is 0 Å². The topological polar surface area (TPSA) is 107 Å². The maximum Gasteiger partial charge on any atom is 0.292 e. The molecule has 0 radical (unpaired) electrons. The normalized spacial score (nSPS) is 11.7. The molecule has 0 unspecified atom stereocenters. The Hall–Kier alpha value is -1.67. The molecule has 0 amide bonds. The van der Waals surface area contributed by atoms with Crippen LogP contribution >= 0.6 is 0 Å². The van der Waals surface area contributed by atoms with Crippen molar-refractivity contribution in [2.45, 2.75) is 24.7 Å². The van der Waals surface area contributed by atoms with Crippen LogP contribution in [0.25, 0.3) is 0 Å². The van der Waals surface area contributed by atoms with Crippen LogP contribution in [-0.2, 0) is 10.0 Å². The number of nitrogen functional groups attached to an aromatic ring is 1. The smallest absolute Gasteiger partial charge is 0.292 e. The van der Waals surface area contributed by atoms with Gasteiger partial charge in [-0.1, -0.05) is 13.3 Å². The van der Waals surface area contributed by atoms with Crippen molar-refractivity contribution >= 4 is 21.4 Å². The number of nitro benzene ring substituents is 1. The van der Waals surface area contributed by atoms with E-state index in [4.69, 9.17) is 5.73 Å². The molecule has 0 aliphatic heterocycles. The zero-order chi connectivity index (χ0) is 14.6. The van der Waals surface area contributed by atoms with Crippen molar-refractivity contribution in [1.82, 2.24) is 4.31 Å². The lowest BCUT2D eigenvalue weighted by Gasteiger charge is -2.16. The molecule has 1 rings (SSSR count). The number of rotatable bonds is 6. The highest BCUT2D eigenvalue weighted by Gasteiger charge is 2.22. The molecule has 1 aromatic carbocycles. The fourth-order valence-corrected chi connectivity index (χ4v) is 2.79. The summed E-state index contributed by atoms with van der Waals surface area (Å²) in [6, 6.07) is 3.43. The molecule has 0 aromatic heterocycles. The summed E-state index contributed by atoms with van der Waals surface area (Å²) in [6.45, 7) is 2.36. The zero-order valence-corrected chi connectivity index (χ0v) is 11.7. The average Bonchev–Trinajstić information content (AvgIpc) is 2.35. The Morgan fingerprint density at radius 1 is 1.42 bits per heavy atom. The summed E-state index contributed by atoms with van der Waals surface area (Å²) in [6.07, 6.45) is 1.63. The average molecular weight is 287 g/mol. The van der Waals surface area contributed by atoms with E-state index in [0.29, 0.717) is 6.54 Å². The highest BCUT2D eigenvalue weighted by atomic mass is 32.2. The summed E-state index contributed by atoms with van der Waals surface area (Å²) in [4.78, 5) is 9.94. The minimum Gasteiger partial charge on any atom is -0.393 e. The predicted octanol–water partition coefficient (Wildman–Crippen LogP) is 1.60. The third-order valence-corrected chi connectivity index (χ3v) is 4.58. The number of nitrogens with two attached hydrogens (primary N) is 1. The number of hydrogen-bond acceptors (Lipinski definition) is 5. The van der Waals surface area contributed by atoms with E-state index in [1.165, 1.54) is 17.4 Å². The van der Waals surface area contributed by atoms with Crippen LogP contribution in [-0.4, -0.2) is 31.2 Å². The van der Waals surface area contributed by atoms with Gasteiger partial charge in [-0.25, -0.2) is 12.7 Å². The molecule has 0 aliphatic rings. The molecular formula is C11H17N3O4S. The lowest BCUT2D eigenvalue weighted by molar-refractivity contribution is -0.383. The van der Waals surface area contributed by atoms with E-state index in [0.717, 1.165) is 25.0 Å². The Morgan fingerprint density at radius 2 is 2.05 bits per heavy atom. The number of anilines is 1. The van der Waals surface area contributed by atoms with Gasteiger partial charge < -0.3 is 5.73 Å². The largest absolute Gasteiger partial charge is 0.393 e. The van der Waals surface area contributed by atoms with Crippen LogP contribution in [0.1, 0.15) is 19.8 Å². The first-order valence-corrected chi connectivity index (χ1v) is 7.25. The number of unbranched alkanes of at least 4 members (excludes halogenated alkanes) is 1. The van der Waals surface area contributed by atoms with Gasteiger partial charge in [0.25, 0.3) is 5.69 Å². The minimum atomic E-state index is -3.65. The summed E-state index contributed by atoms with van der Waals surface area (Å²) in [7, 11) is -2.17. The third-order valence-electron chi connectivity index (χ3n) is 2.73. The summed E-state index contributed by atoms with van der Waals surface area (Å²) >= 11 is 0. The fourth-order valence-electron chi connectivity index (χ4n) is 1.54. The van der Waals surface area contributed by atoms with Gasteiger partial charge in [-0.05, 0) is 18.6 Å². The molecule has 8 heteroatoms. The summed E-state index contributed by atoms with van der Waals surface area (Å²) in [5.41, 5.74) is 5.04. The van der Waals surface area contributed by atoms with E-state index in [1.54, 1.807) is 0 Å². The Balaban J connectivity index is 3.09. The molecule has 0 fully saturated rings. The summed E-state index contributed by atoms with van der Waals surface area (Å²) < 4.78 is 25.6. The molecule has 7 nitrogen and oxygen atoms in total. The number of benzene rings is 1. The molecule has 0 saturated heterocycles. The number of sulfonamides is 1. The number of nitro groups is 1. The molecule has 106 valence electrons. The van der Waals surface area contributed by atoms with Crippen LogP contribution < -0.4 is 5.73 Å². The molecule has 1 aromatic rings. The Kier molecular flexibility index (Phi) is 4.84. The van der Waals surface area contributed by atoms with Gasteiger partial charge in [0.1, 0.15) is 5.69 Å². The molecular weight excluding hydrogens is 270 g/mol. The molecule has 0 bridgehead atoms. The fraction of sp³-hybridized carbons (Fsp3) is 0.455. The zero-order valence-electron chi connectivity index (χ0n) is 10.9. The van der Waals surface area contributed by atoms with E-state index in [2.05, 4.69) is 0 Å². The van der Waals surface area contributed by atoms with Crippen molar-refractivity contribution in [3.63, 3.8) is 0 Å². The van der Waals surface area contributed by atoms with E-state index in [-0.39, 0.29) is 16.3 Å². The Labute approximate surface area is 112 Å². The quantitative estimate of drug-likeness (QED) is 0.486. The lowest BCUT2D eigenvalue weighted by atomic mass is 10.3. The second-order valence-corrected chi connectivity index (χ2v) is 6.20. The van der Waals surface area contributed by atoms with Crippen molar-refractivity contribution in [1.29, 1.82) is 0 Å². The van der Waals surface area contributed by atoms with Crippen LogP contribution in [0.3, 0.4) is 0 Å². The van der Waals surface area contributed by atoms with Crippen LogP contribution in [0.5, 0.6) is 0 Å². The van der Waals surface area contributed by atoms with Crippen molar-refractivity contribution in [2.24, 2.45) is 0 Å². The van der Waals surface area contributed by atoms with E-state index >= 15 is 0 Å². The Bertz CT molecular complexity index is 571. The highest BCUT2D eigenvalue weighted by molar-refractivity contribution is 7.89. The van der Waals surface area contributed by atoms with Crippen molar-refractivity contribution in [2.75, 3.05) is 19.3 Å². The monoisotopic (exact) mass is 287 g/mol. The van der Waals surface area contributed by atoms with Gasteiger partial charge in [0, 0.05) is 19.7 Å². The first-order valence-electron chi connectivity index (χ1n) is 5.81. The molecule has 0 spiro atoms. The first-order chi connectivity index (χ1) is 8.80. The molecule has 19 heavy (non-hydrogen) atoms. The van der Waals surface area contributed by atoms with Gasteiger partial charge in [0.05, 0.1) is 9.82 Å². The Morgan fingerprint density at radius 3 is 2.53 bits per heavy atom. The highest BCUT2D eigenvalue weighted by Crippen LogP contribution is 2.25. The maximum absolute atomic E-state index is 12.2. The van der Waals surface area contributed by atoms with Crippen LogP contribution in [0.4, 0.5) is 11.4 Å². The second-order valence-electron chi connectivity index (χ2n) is 4.16. The second kappa shape index (κ2) is 5.98. The standard InChI is InChI=1S/C11H17N3O4S/c1-3-4-7-13(2)19(17,18)9-5-6-11(14(15)16)10(12)8-9/h5-6,8H,3-4,7,12H2,1-2H3. The molecule has 2 N–H and O–H groups in total. The predicted molar refractivity (Wildman–Crippen MR) is 72.2 cm³/mol. The van der Waals surface area contributed by atoms with Gasteiger partial charge in [-0.3, -0.25) is 10.1 Å². The van der Waals surface area contributed by atoms with Crippen LogP contribution in [0.2, 0.25) is 0 Å². The summed E-state index contributed by atoms with van der Waals surface area (Å²) in [5, 5.41) is 10.6. The van der Waals surface area contributed by atoms with E-state index in [1.807, 2.05) is 6.92 Å². The number of hydrogen-bond donors (Lipinski definition) is 1. The maximum atomic E-state index is 12.2. The van der Waals surface area contributed by atoms with Crippen molar-refractivity contribution in [3.8, 4) is 0 Å². The van der Waals surface area contributed by atoms with Crippen LogP contribution in [0.15, 0.2) is 23.1 Å². The molecule has 0 atom stereocenters. The molecule has 0 heterocycles. The van der Waals surface area contributed by atoms with Gasteiger partial charge in [0.2, 0.25) is 10.0 Å².